The van der Waals surface area contributed by atoms with Gasteiger partial charge in [-0.2, -0.15) is 10.2 Å². The number of piperazine rings is 2. The molecule has 0 radical (unpaired) electrons. The summed E-state index contributed by atoms with van der Waals surface area (Å²) in [5.41, 5.74) is 9.40. The summed E-state index contributed by atoms with van der Waals surface area (Å²) < 4.78 is 38.1. The minimum absolute atomic E-state index is 0.144. The molecule has 17 heteroatoms. The number of carbonyl (C=O) groups is 2. The quantitative estimate of drug-likeness (QED) is 0.192. The number of rotatable bonds is 7. The SMILES string of the molecule is CC#CC1=C(c2cnn(C)c2)Cc2nccc(N3CCN(C(C)=O)CC3)c21.CC#Cc1c(-c2cnn(C)c2)n(S(=O)(=O)c2ccccc2)c2nccc(N3CCN(C(=O)OCC)CC3)c12. The molecule has 0 saturated carbocycles. The van der Waals surface area contributed by atoms with E-state index in [-0.39, 0.29) is 22.5 Å². The first-order chi connectivity index (χ1) is 31.4. The van der Waals surface area contributed by atoms with Crippen LogP contribution in [0.2, 0.25) is 0 Å². The highest BCUT2D eigenvalue weighted by Gasteiger charge is 2.33. The van der Waals surface area contributed by atoms with E-state index in [9.17, 15) is 18.0 Å². The minimum Gasteiger partial charge on any atom is -0.450 e. The zero-order chi connectivity index (χ0) is 45.8. The summed E-state index contributed by atoms with van der Waals surface area (Å²) in [6.45, 7) is 12.5. The van der Waals surface area contributed by atoms with E-state index in [0.717, 1.165) is 60.7 Å². The lowest BCUT2D eigenvalue weighted by Crippen LogP contribution is -2.49. The summed E-state index contributed by atoms with van der Waals surface area (Å²) in [7, 11) is -0.341. The Morgan fingerprint density at radius 1 is 0.754 bits per heavy atom. The van der Waals surface area contributed by atoms with Crippen LogP contribution in [0.5, 0.6) is 0 Å². The highest BCUT2D eigenvalue weighted by atomic mass is 32.2. The van der Waals surface area contributed by atoms with Gasteiger partial charge < -0.3 is 24.3 Å². The Balaban J connectivity index is 0.000000188. The average molecular weight is 894 g/mol. The van der Waals surface area contributed by atoms with Gasteiger partial charge >= 0.3 is 6.09 Å². The zero-order valence-electron chi connectivity index (χ0n) is 37.4. The van der Waals surface area contributed by atoms with Crippen LogP contribution in [-0.2, 0) is 40.1 Å². The molecule has 16 nitrogen and oxygen atoms in total. The number of pyridine rings is 2. The minimum atomic E-state index is -4.05. The van der Waals surface area contributed by atoms with Gasteiger partial charge in [0.05, 0.1) is 51.9 Å². The van der Waals surface area contributed by atoms with Crippen LogP contribution in [0.15, 0.2) is 84.5 Å². The Hall–Kier alpha value is -7.37. The van der Waals surface area contributed by atoms with Gasteiger partial charge in [-0.25, -0.2) is 22.2 Å². The molecule has 334 valence electrons. The van der Waals surface area contributed by atoms with Crippen molar-refractivity contribution in [3.8, 4) is 34.9 Å². The Morgan fingerprint density at radius 3 is 1.95 bits per heavy atom. The molecule has 0 unspecified atom stereocenters. The fourth-order valence-corrected chi connectivity index (χ4v) is 10.2. The van der Waals surface area contributed by atoms with Crippen LogP contribution in [0.4, 0.5) is 16.2 Å². The number of anilines is 2. The van der Waals surface area contributed by atoms with E-state index in [4.69, 9.17) is 4.74 Å². The number of aryl methyl sites for hydroxylation is 2. The predicted octanol–water partition coefficient (Wildman–Crippen LogP) is 5.30. The third-order valence-electron chi connectivity index (χ3n) is 11.7. The molecule has 6 aromatic rings. The van der Waals surface area contributed by atoms with E-state index >= 15 is 0 Å². The Bertz CT molecular complexity index is 3040. The first-order valence-electron chi connectivity index (χ1n) is 21.5. The highest BCUT2D eigenvalue weighted by molar-refractivity contribution is 7.90. The first-order valence-corrected chi connectivity index (χ1v) is 22.9. The van der Waals surface area contributed by atoms with Crippen LogP contribution in [0.3, 0.4) is 0 Å². The number of allylic oxidation sites excluding steroid dienone is 2. The van der Waals surface area contributed by atoms with Crippen molar-refractivity contribution in [2.75, 3.05) is 68.8 Å². The van der Waals surface area contributed by atoms with Gasteiger partial charge in [0.2, 0.25) is 5.91 Å². The molecule has 3 aliphatic rings. The van der Waals surface area contributed by atoms with Gasteiger partial charge in [0, 0.05) is 133 Å². The van der Waals surface area contributed by atoms with Crippen molar-refractivity contribution < 1.29 is 22.7 Å². The molecule has 2 fully saturated rings. The molecule has 1 aliphatic carbocycles. The number of aromatic nitrogens is 7. The van der Waals surface area contributed by atoms with Crippen molar-refractivity contribution in [2.45, 2.75) is 39.0 Å². The average Bonchev–Trinajstić information content (AvgIpc) is 4.12. The molecule has 2 amide bonds. The molecule has 65 heavy (non-hydrogen) atoms. The van der Waals surface area contributed by atoms with Crippen molar-refractivity contribution in [2.24, 2.45) is 14.1 Å². The van der Waals surface area contributed by atoms with Crippen LogP contribution in [0, 0.1) is 23.7 Å². The largest absolute Gasteiger partial charge is 0.450 e. The monoisotopic (exact) mass is 893 g/mol. The van der Waals surface area contributed by atoms with Crippen LogP contribution in [0.25, 0.3) is 33.4 Å². The molecule has 9 rings (SSSR count). The molecule has 0 bridgehead atoms. The Kier molecular flexibility index (Phi) is 12.8. The number of carbonyl (C=O) groups excluding carboxylic acids is 2. The molecule has 7 heterocycles. The maximum absolute atomic E-state index is 14.1. The van der Waals surface area contributed by atoms with Crippen molar-refractivity contribution in [3.05, 3.63) is 102 Å². The molecule has 0 N–H and O–H groups in total. The van der Waals surface area contributed by atoms with Gasteiger partial charge in [0.25, 0.3) is 10.0 Å². The summed E-state index contributed by atoms with van der Waals surface area (Å²) in [4.78, 5) is 41.3. The predicted molar refractivity (Wildman–Crippen MR) is 250 cm³/mol. The smallest absolute Gasteiger partial charge is 0.409 e. The second-order valence-electron chi connectivity index (χ2n) is 15.7. The topological polar surface area (TPSA) is 157 Å². The van der Waals surface area contributed by atoms with E-state index in [0.29, 0.717) is 55.0 Å². The Labute approximate surface area is 379 Å². The van der Waals surface area contributed by atoms with Gasteiger partial charge in [-0.15, -0.1) is 11.8 Å². The van der Waals surface area contributed by atoms with Gasteiger partial charge in [0.1, 0.15) is 0 Å². The van der Waals surface area contributed by atoms with E-state index < -0.39 is 10.0 Å². The summed E-state index contributed by atoms with van der Waals surface area (Å²) in [6.07, 6.45) is 11.3. The van der Waals surface area contributed by atoms with Crippen LogP contribution in [0.1, 0.15) is 50.1 Å². The standard InChI is InChI=1S/C27H28N6O4S.C21H23N5O/c1-4-9-22-24-23(31-14-16-32(17-15-31)27(34)37-5-2)12-13-28-26(24)33(25(22)20-18-29-30(3)19-20)38(35,36)21-10-7-6-8-11-21;1-4-5-17-18(16-13-23-24(3)14-16)12-19-21(17)20(6-7-22-19)26-10-8-25(9-11-26)15(2)27/h6-8,10-13,18-19H,5,14-17H2,1-3H3;6-7,13-14H,8-12H2,1-3H3. The summed E-state index contributed by atoms with van der Waals surface area (Å²) in [6, 6.07) is 12.2. The van der Waals surface area contributed by atoms with Crippen LogP contribution >= 0.6 is 0 Å². The fraction of sp³-hybridized carbons (Fsp3) is 0.333. The maximum atomic E-state index is 14.1. The van der Waals surface area contributed by atoms with E-state index in [1.807, 2.05) is 48.2 Å². The number of nitrogens with zero attached hydrogens (tertiary/aromatic N) is 11. The van der Waals surface area contributed by atoms with Gasteiger partial charge in [-0.1, -0.05) is 30.0 Å². The van der Waals surface area contributed by atoms with Gasteiger partial charge in [0.15, 0.2) is 5.65 Å². The fourth-order valence-electron chi connectivity index (χ4n) is 8.67. The molecule has 5 aromatic heterocycles. The van der Waals surface area contributed by atoms with Crippen molar-refractivity contribution in [1.29, 1.82) is 0 Å². The number of amides is 2. The molecule has 0 spiro atoms. The van der Waals surface area contributed by atoms with Crippen molar-refractivity contribution in [3.63, 3.8) is 0 Å². The molecule has 0 atom stereocenters. The number of hydrogen-bond acceptors (Lipinski definition) is 11. The maximum Gasteiger partial charge on any atom is 0.409 e. The molecular weight excluding hydrogens is 843 g/mol. The Morgan fingerprint density at radius 2 is 1.35 bits per heavy atom. The summed E-state index contributed by atoms with van der Waals surface area (Å²) in [5.74, 6) is 12.7. The van der Waals surface area contributed by atoms with Crippen LogP contribution in [-0.4, -0.2) is 123 Å². The lowest BCUT2D eigenvalue weighted by molar-refractivity contribution is -0.129. The highest BCUT2D eigenvalue weighted by Crippen LogP contribution is 2.43. The number of fused-ring (bicyclic) bond motifs is 2. The zero-order valence-corrected chi connectivity index (χ0v) is 38.3. The number of benzene rings is 1. The third kappa shape index (κ3) is 8.67. The van der Waals surface area contributed by atoms with Crippen LogP contribution < -0.4 is 9.80 Å². The van der Waals surface area contributed by atoms with Gasteiger partial charge in [-0.3, -0.25) is 19.1 Å². The number of ether oxygens (including phenoxy) is 1. The normalized spacial score (nSPS) is 14.9. The van der Waals surface area contributed by atoms with Gasteiger partial charge in [-0.05, 0) is 50.6 Å². The van der Waals surface area contributed by atoms with Crippen molar-refractivity contribution >= 4 is 55.6 Å². The summed E-state index contributed by atoms with van der Waals surface area (Å²) in [5, 5.41) is 9.26. The second kappa shape index (κ2) is 18.8. The third-order valence-corrected chi connectivity index (χ3v) is 13.4. The lowest BCUT2D eigenvalue weighted by Gasteiger charge is -2.36. The van der Waals surface area contributed by atoms with E-state index in [1.165, 1.54) is 15.2 Å². The number of hydrogen-bond donors (Lipinski definition) is 0. The van der Waals surface area contributed by atoms with Crippen molar-refractivity contribution in [1.82, 2.24) is 43.3 Å². The molecule has 1 aromatic carbocycles. The molecule has 2 saturated heterocycles. The van der Waals surface area contributed by atoms with E-state index in [2.05, 4.69) is 59.7 Å². The lowest BCUT2D eigenvalue weighted by atomic mass is 10.0. The molecular formula is C48H51N11O5S. The first kappa shape index (κ1) is 44.2. The summed E-state index contributed by atoms with van der Waals surface area (Å²) >= 11 is 0. The molecule has 2 aliphatic heterocycles. The van der Waals surface area contributed by atoms with E-state index in [1.54, 1.807) is 86.3 Å². The second-order valence-corrected chi connectivity index (χ2v) is 17.5.